The molecule has 5 nitrogen and oxygen atoms in total. The molecule has 0 saturated carbocycles. The predicted octanol–water partition coefficient (Wildman–Crippen LogP) is 2.66. The van der Waals surface area contributed by atoms with Crippen LogP contribution >= 0.6 is 11.6 Å². The zero-order valence-electron chi connectivity index (χ0n) is 12.4. The highest BCUT2D eigenvalue weighted by Crippen LogP contribution is 2.12. The number of urea groups is 1. The number of ether oxygens (including phenoxy) is 1. The van der Waals surface area contributed by atoms with Crippen LogP contribution in [0.3, 0.4) is 0 Å². The molecular weight excluding hydrogens is 316 g/mol. The van der Waals surface area contributed by atoms with E-state index in [1.807, 2.05) is 30.3 Å². The first-order valence-electron chi connectivity index (χ1n) is 7.05. The quantitative estimate of drug-likeness (QED) is 0.798. The van der Waals surface area contributed by atoms with Gasteiger partial charge in [0.1, 0.15) is 12.6 Å². The molecule has 0 saturated heterocycles. The molecule has 0 bridgehead atoms. The Kier molecular flexibility index (Phi) is 6.00. The monoisotopic (exact) mass is 332 g/mol. The molecular formula is C17H17ClN2O3. The largest absolute Gasteiger partial charge is 0.459 e. The molecule has 6 heteroatoms. The summed E-state index contributed by atoms with van der Waals surface area (Å²) in [6.07, 6.45) is 0.304. The highest BCUT2D eigenvalue weighted by atomic mass is 35.5. The van der Waals surface area contributed by atoms with E-state index in [0.29, 0.717) is 11.4 Å². The number of rotatable bonds is 6. The molecule has 0 unspecified atom stereocenters. The average Bonchev–Trinajstić information content (AvgIpc) is 2.52. The van der Waals surface area contributed by atoms with Crippen LogP contribution in [0.15, 0.2) is 54.6 Å². The number of nitrogens with one attached hydrogen (secondary N) is 1. The smallest absolute Gasteiger partial charge is 0.329 e. The van der Waals surface area contributed by atoms with Crippen LogP contribution in [0.4, 0.5) is 4.79 Å². The molecule has 0 aliphatic heterocycles. The number of hydrogen-bond acceptors (Lipinski definition) is 3. The van der Waals surface area contributed by atoms with E-state index >= 15 is 0 Å². The maximum Gasteiger partial charge on any atom is 0.329 e. The number of esters is 1. The van der Waals surface area contributed by atoms with Crippen LogP contribution in [0.1, 0.15) is 11.1 Å². The predicted molar refractivity (Wildman–Crippen MR) is 87.9 cm³/mol. The van der Waals surface area contributed by atoms with E-state index < -0.39 is 18.0 Å². The van der Waals surface area contributed by atoms with Crippen molar-refractivity contribution in [2.75, 3.05) is 0 Å². The van der Waals surface area contributed by atoms with Gasteiger partial charge in [0.05, 0.1) is 0 Å². The second kappa shape index (κ2) is 8.19. The maximum atomic E-state index is 12.2. The van der Waals surface area contributed by atoms with Crippen molar-refractivity contribution in [3.63, 3.8) is 0 Å². The van der Waals surface area contributed by atoms with Crippen molar-refractivity contribution in [3.05, 3.63) is 70.7 Å². The van der Waals surface area contributed by atoms with Gasteiger partial charge >= 0.3 is 12.0 Å². The maximum absolute atomic E-state index is 12.2. The Bertz CT molecular complexity index is 677. The number of hydrogen-bond donors (Lipinski definition) is 2. The van der Waals surface area contributed by atoms with Crippen molar-refractivity contribution in [1.29, 1.82) is 0 Å². The standard InChI is InChI=1S/C17H17ClN2O3/c18-14-8-4-7-13(9-14)11-23-16(21)15(20-17(19)22)10-12-5-2-1-3-6-12/h1-9,15H,10-11H2,(H3,19,20,22)/t15-/m0/s1. The summed E-state index contributed by atoms with van der Waals surface area (Å²) in [6, 6.07) is 14.7. The molecule has 0 fully saturated rings. The summed E-state index contributed by atoms with van der Waals surface area (Å²) < 4.78 is 5.25. The molecule has 3 N–H and O–H groups in total. The van der Waals surface area contributed by atoms with Crippen molar-refractivity contribution in [2.45, 2.75) is 19.1 Å². The number of nitrogens with two attached hydrogens (primary N) is 1. The van der Waals surface area contributed by atoms with Crippen LogP contribution in [-0.4, -0.2) is 18.0 Å². The second-order valence-electron chi connectivity index (χ2n) is 4.99. The fraction of sp³-hybridized carbons (Fsp3) is 0.176. The first kappa shape index (κ1) is 16.8. The Hall–Kier alpha value is -2.53. The Balaban J connectivity index is 2.00. The molecule has 2 rings (SSSR count). The molecule has 0 spiro atoms. The Labute approximate surface area is 139 Å². The Morgan fingerprint density at radius 2 is 1.78 bits per heavy atom. The van der Waals surface area contributed by atoms with E-state index in [2.05, 4.69) is 5.32 Å². The molecule has 0 aromatic heterocycles. The van der Waals surface area contributed by atoms with Crippen molar-refractivity contribution >= 4 is 23.6 Å². The van der Waals surface area contributed by atoms with Crippen molar-refractivity contribution in [2.24, 2.45) is 5.73 Å². The van der Waals surface area contributed by atoms with Gasteiger partial charge in [-0.3, -0.25) is 0 Å². The fourth-order valence-corrected chi connectivity index (χ4v) is 2.31. The van der Waals surface area contributed by atoms with Crippen LogP contribution in [0.2, 0.25) is 5.02 Å². The third kappa shape index (κ3) is 5.64. The molecule has 0 radical (unpaired) electrons. The van der Waals surface area contributed by atoms with Gasteiger partial charge in [-0.1, -0.05) is 54.1 Å². The molecule has 120 valence electrons. The SMILES string of the molecule is NC(=O)N[C@@H](Cc1ccccc1)C(=O)OCc1cccc(Cl)c1. The molecule has 2 aromatic carbocycles. The van der Waals surface area contributed by atoms with Gasteiger partial charge in [-0.05, 0) is 23.3 Å². The van der Waals surface area contributed by atoms with Gasteiger partial charge in [-0.15, -0.1) is 0 Å². The van der Waals surface area contributed by atoms with E-state index in [-0.39, 0.29) is 6.61 Å². The normalized spacial score (nSPS) is 11.5. The van der Waals surface area contributed by atoms with E-state index in [1.54, 1.807) is 24.3 Å². The summed E-state index contributed by atoms with van der Waals surface area (Å²) in [6.45, 7) is 0.0745. The van der Waals surface area contributed by atoms with Gasteiger partial charge in [0.2, 0.25) is 0 Å². The third-order valence-electron chi connectivity index (χ3n) is 3.15. The van der Waals surface area contributed by atoms with Crippen molar-refractivity contribution < 1.29 is 14.3 Å². The molecule has 1 atom stereocenters. The van der Waals surface area contributed by atoms with Gasteiger partial charge in [0.15, 0.2) is 0 Å². The van der Waals surface area contributed by atoms with E-state index in [9.17, 15) is 9.59 Å². The number of halogens is 1. The number of carbonyl (C=O) groups is 2. The minimum atomic E-state index is -0.839. The number of primary amides is 1. The lowest BCUT2D eigenvalue weighted by Gasteiger charge is -2.16. The van der Waals surface area contributed by atoms with Gasteiger partial charge in [-0.25, -0.2) is 9.59 Å². The second-order valence-corrected chi connectivity index (χ2v) is 5.42. The molecule has 0 heterocycles. The zero-order chi connectivity index (χ0) is 16.7. The van der Waals surface area contributed by atoms with Crippen LogP contribution in [0.5, 0.6) is 0 Å². The lowest BCUT2D eigenvalue weighted by molar-refractivity contribution is -0.147. The van der Waals surface area contributed by atoms with Gasteiger partial charge in [0.25, 0.3) is 0 Å². The molecule has 23 heavy (non-hydrogen) atoms. The lowest BCUT2D eigenvalue weighted by Crippen LogP contribution is -2.45. The van der Waals surface area contributed by atoms with Gasteiger partial charge in [0, 0.05) is 11.4 Å². The van der Waals surface area contributed by atoms with Crippen LogP contribution in [-0.2, 0) is 22.6 Å². The van der Waals surface area contributed by atoms with Crippen molar-refractivity contribution in [3.8, 4) is 0 Å². The fourth-order valence-electron chi connectivity index (χ4n) is 2.10. The summed E-state index contributed by atoms with van der Waals surface area (Å²) in [5, 5.41) is 2.98. The molecule has 0 aliphatic carbocycles. The van der Waals surface area contributed by atoms with Gasteiger partial charge < -0.3 is 15.8 Å². The molecule has 2 amide bonds. The summed E-state index contributed by atoms with van der Waals surface area (Å²) >= 11 is 5.88. The van der Waals surface area contributed by atoms with Crippen molar-refractivity contribution in [1.82, 2.24) is 5.32 Å². The summed E-state index contributed by atoms with van der Waals surface area (Å²) in [5.74, 6) is -0.548. The number of amides is 2. The van der Waals surface area contributed by atoms with Crippen LogP contribution in [0.25, 0.3) is 0 Å². The first-order valence-corrected chi connectivity index (χ1v) is 7.43. The van der Waals surface area contributed by atoms with E-state index in [0.717, 1.165) is 11.1 Å². The minimum absolute atomic E-state index is 0.0745. The first-order chi connectivity index (χ1) is 11.0. The van der Waals surface area contributed by atoms with Crippen LogP contribution < -0.4 is 11.1 Å². The number of benzene rings is 2. The highest BCUT2D eigenvalue weighted by molar-refractivity contribution is 6.30. The molecule has 2 aromatic rings. The van der Waals surface area contributed by atoms with E-state index in [4.69, 9.17) is 22.1 Å². The minimum Gasteiger partial charge on any atom is -0.459 e. The zero-order valence-corrected chi connectivity index (χ0v) is 13.1. The van der Waals surface area contributed by atoms with Gasteiger partial charge in [-0.2, -0.15) is 0 Å². The third-order valence-corrected chi connectivity index (χ3v) is 3.39. The summed E-state index contributed by atoms with van der Waals surface area (Å²) in [7, 11) is 0. The van der Waals surface area contributed by atoms with E-state index in [1.165, 1.54) is 0 Å². The summed E-state index contributed by atoms with van der Waals surface area (Å²) in [5.41, 5.74) is 6.80. The summed E-state index contributed by atoms with van der Waals surface area (Å²) in [4.78, 5) is 23.3. The Morgan fingerprint density at radius 3 is 2.43 bits per heavy atom. The topological polar surface area (TPSA) is 81.4 Å². The lowest BCUT2D eigenvalue weighted by atomic mass is 10.1. The molecule has 0 aliphatic rings. The Morgan fingerprint density at radius 1 is 1.09 bits per heavy atom. The van der Waals surface area contributed by atoms with Crippen LogP contribution in [0, 0.1) is 0 Å². The average molecular weight is 333 g/mol. The number of carbonyl (C=O) groups excluding carboxylic acids is 2. The highest BCUT2D eigenvalue weighted by Gasteiger charge is 2.22.